The van der Waals surface area contributed by atoms with Crippen molar-refractivity contribution in [2.75, 3.05) is 18.2 Å². The van der Waals surface area contributed by atoms with Crippen LogP contribution in [0, 0.1) is 5.41 Å². The molecule has 0 bridgehead atoms. The third-order valence-electron chi connectivity index (χ3n) is 3.60. The SMILES string of the molecule is CC(C)(C)CC(=O)N1CSCC1C(=O)NCCc1nc(C(=O)O)cs1. The molecule has 138 valence electrons. The van der Waals surface area contributed by atoms with Gasteiger partial charge in [0.05, 0.1) is 10.9 Å². The van der Waals surface area contributed by atoms with Gasteiger partial charge in [-0.15, -0.1) is 23.1 Å². The molecule has 1 unspecified atom stereocenters. The lowest BCUT2D eigenvalue weighted by atomic mass is 9.91. The molecule has 1 atom stereocenters. The molecular formula is C16H23N3O4S2. The van der Waals surface area contributed by atoms with Crippen LogP contribution in [0.2, 0.25) is 0 Å². The van der Waals surface area contributed by atoms with E-state index in [-0.39, 0.29) is 22.9 Å². The smallest absolute Gasteiger partial charge is 0.355 e. The highest BCUT2D eigenvalue weighted by Crippen LogP contribution is 2.26. The summed E-state index contributed by atoms with van der Waals surface area (Å²) < 4.78 is 0. The molecule has 0 aliphatic carbocycles. The number of aromatic carboxylic acids is 1. The van der Waals surface area contributed by atoms with E-state index in [9.17, 15) is 14.4 Å². The second kappa shape index (κ2) is 8.18. The van der Waals surface area contributed by atoms with Crippen LogP contribution in [0.3, 0.4) is 0 Å². The highest BCUT2D eigenvalue weighted by Gasteiger charge is 2.35. The molecule has 1 aromatic rings. The molecule has 0 saturated carbocycles. The summed E-state index contributed by atoms with van der Waals surface area (Å²) >= 11 is 2.84. The number of thioether (sulfide) groups is 1. The van der Waals surface area contributed by atoms with Crippen LogP contribution < -0.4 is 5.32 Å². The number of nitrogens with one attached hydrogen (secondary N) is 1. The number of hydrogen-bond donors (Lipinski definition) is 2. The van der Waals surface area contributed by atoms with E-state index in [1.165, 1.54) is 16.7 Å². The van der Waals surface area contributed by atoms with Gasteiger partial charge in [0.15, 0.2) is 5.69 Å². The summed E-state index contributed by atoms with van der Waals surface area (Å²) in [6.45, 7) is 6.38. The molecule has 0 aromatic carbocycles. The summed E-state index contributed by atoms with van der Waals surface area (Å²) in [5.74, 6) is -0.0719. The number of carboxylic acids is 1. The minimum atomic E-state index is -1.05. The first kappa shape index (κ1) is 19.7. The fraction of sp³-hybridized carbons (Fsp3) is 0.625. The highest BCUT2D eigenvalue weighted by atomic mass is 32.2. The molecule has 1 aliphatic heterocycles. The third kappa shape index (κ3) is 5.71. The lowest BCUT2D eigenvalue weighted by molar-refractivity contribution is -0.139. The molecule has 1 fully saturated rings. The molecule has 2 heterocycles. The first-order valence-electron chi connectivity index (χ1n) is 8.00. The lowest BCUT2D eigenvalue weighted by Gasteiger charge is -2.26. The van der Waals surface area contributed by atoms with Crippen molar-refractivity contribution in [2.24, 2.45) is 5.41 Å². The molecule has 2 N–H and O–H groups in total. The first-order chi connectivity index (χ1) is 11.7. The Hall–Kier alpha value is -1.61. The van der Waals surface area contributed by atoms with Gasteiger partial charge in [-0.2, -0.15) is 0 Å². The van der Waals surface area contributed by atoms with Crippen molar-refractivity contribution in [3.05, 3.63) is 16.1 Å². The average molecular weight is 386 g/mol. The van der Waals surface area contributed by atoms with Crippen LogP contribution in [-0.2, 0) is 16.0 Å². The van der Waals surface area contributed by atoms with Crippen LogP contribution in [0.25, 0.3) is 0 Å². The van der Waals surface area contributed by atoms with E-state index < -0.39 is 12.0 Å². The van der Waals surface area contributed by atoms with Gasteiger partial charge in [0, 0.05) is 30.5 Å². The Morgan fingerprint density at radius 3 is 2.72 bits per heavy atom. The largest absolute Gasteiger partial charge is 0.476 e. The van der Waals surface area contributed by atoms with Crippen molar-refractivity contribution >= 4 is 40.9 Å². The minimum absolute atomic E-state index is 0.00340. The molecule has 1 saturated heterocycles. The van der Waals surface area contributed by atoms with Crippen LogP contribution in [0.1, 0.15) is 42.7 Å². The maximum Gasteiger partial charge on any atom is 0.355 e. The Balaban J connectivity index is 1.84. The molecule has 1 aromatic heterocycles. The number of thiazole rings is 1. The van der Waals surface area contributed by atoms with Crippen LogP contribution >= 0.6 is 23.1 Å². The zero-order chi connectivity index (χ0) is 18.6. The summed E-state index contributed by atoms with van der Waals surface area (Å²) in [6.07, 6.45) is 0.883. The number of carbonyl (C=O) groups excluding carboxylic acids is 2. The average Bonchev–Trinajstić information content (AvgIpc) is 3.14. The van der Waals surface area contributed by atoms with Gasteiger partial charge in [0.2, 0.25) is 11.8 Å². The number of nitrogens with zero attached hydrogens (tertiary/aromatic N) is 2. The predicted octanol–water partition coefficient (Wildman–Crippen LogP) is 1.84. The van der Waals surface area contributed by atoms with E-state index in [1.54, 1.807) is 16.7 Å². The molecule has 7 nitrogen and oxygen atoms in total. The van der Waals surface area contributed by atoms with Gasteiger partial charge < -0.3 is 15.3 Å². The Labute approximate surface area is 155 Å². The number of hydrogen-bond acceptors (Lipinski definition) is 6. The van der Waals surface area contributed by atoms with E-state index in [1.807, 2.05) is 20.8 Å². The molecule has 9 heteroatoms. The lowest BCUT2D eigenvalue weighted by Crippen LogP contribution is -2.48. The van der Waals surface area contributed by atoms with E-state index in [2.05, 4.69) is 10.3 Å². The normalized spacial score (nSPS) is 17.6. The van der Waals surface area contributed by atoms with Crippen molar-refractivity contribution in [3.63, 3.8) is 0 Å². The van der Waals surface area contributed by atoms with Crippen molar-refractivity contribution < 1.29 is 19.5 Å². The van der Waals surface area contributed by atoms with Crippen LogP contribution in [0.4, 0.5) is 0 Å². The number of amides is 2. The van der Waals surface area contributed by atoms with Gasteiger partial charge >= 0.3 is 5.97 Å². The first-order valence-corrected chi connectivity index (χ1v) is 10.0. The van der Waals surface area contributed by atoms with Crippen molar-refractivity contribution in [1.29, 1.82) is 0 Å². The fourth-order valence-corrected chi connectivity index (χ4v) is 4.35. The summed E-state index contributed by atoms with van der Waals surface area (Å²) in [4.78, 5) is 41.2. The third-order valence-corrected chi connectivity index (χ3v) is 5.52. The van der Waals surface area contributed by atoms with Crippen LogP contribution in [0.5, 0.6) is 0 Å². The number of carboxylic acid groups (broad SMARTS) is 1. The van der Waals surface area contributed by atoms with Gasteiger partial charge in [-0.3, -0.25) is 9.59 Å². The second-order valence-corrected chi connectivity index (χ2v) is 9.03. The zero-order valence-electron chi connectivity index (χ0n) is 14.6. The Morgan fingerprint density at radius 1 is 1.40 bits per heavy atom. The zero-order valence-corrected chi connectivity index (χ0v) is 16.2. The quantitative estimate of drug-likeness (QED) is 0.775. The Bertz CT molecular complexity index is 654. The molecule has 2 amide bonds. The van der Waals surface area contributed by atoms with E-state index in [0.29, 0.717) is 36.0 Å². The maximum atomic E-state index is 12.4. The van der Waals surface area contributed by atoms with Crippen molar-refractivity contribution in [1.82, 2.24) is 15.2 Å². The van der Waals surface area contributed by atoms with Gasteiger partial charge in [-0.25, -0.2) is 9.78 Å². The predicted molar refractivity (Wildman–Crippen MR) is 97.8 cm³/mol. The second-order valence-electron chi connectivity index (χ2n) is 7.09. The topological polar surface area (TPSA) is 99.6 Å². The molecule has 0 spiro atoms. The Kier molecular flexibility index (Phi) is 6.45. The van der Waals surface area contributed by atoms with E-state index >= 15 is 0 Å². The van der Waals surface area contributed by atoms with Gasteiger partial charge in [-0.1, -0.05) is 20.8 Å². The fourth-order valence-electron chi connectivity index (χ4n) is 2.40. The summed E-state index contributed by atoms with van der Waals surface area (Å²) in [5, 5.41) is 13.8. The number of rotatable bonds is 6. The van der Waals surface area contributed by atoms with Gasteiger partial charge in [0.25, 0.3) is 0 Å². The molecule has 25 heavy (non-hydrogen) atoms. The monoisotopic (exact) mass is 385 g/mol. The van der Waals surface area contributed by atoms with Crippen LogP contribution in [-0.4, -0.2) is 57.0 Å². The van der Waals surface area contributed by atoms with E-state index in [4.69, 9.17) is 5.11 Å². The molecular weight excluding hydrogens is 362 g/mol. The summed E-state index contributed by atoms with van der Waals surface area (Å²) in [7, 11) is 0. The van der Waals surface area contributed by atoms with E-state index in [0.717, 1.165) is 0 Å². The maximum absolute atomic E-state index is 12.4. The highest BCUT2D eigenvalue weighted by molar-refractivity contribution is 7.99. The molecule has 1 aliphatic rings. The summed E-state index contributed by atoms with van der Waals surface area (Å²) in [6, 6.07) is -0.439. The van der Waals surface area contributed by atoms with Gasteiger partial charge in [0.1, 0.15) is 6.04 Å². The number of aromatic nitrogens is 1. The molecule has 0 radical (unpaired) electrons. The molecule has 2 rings (SSSR count). The Morgan fingerprint density at radius 2 is 2.12 bits per heavy atom. The van der Waals surface area contributed by atoms with Crippen molar-refractivity contribution in [3.8, 4) is 0 Å². The van der Waals surface area contributed by atoms with Crippen LogP contribution in [0.15, 0.2) is 5.38 Å². The number of carbonyl (C=O) groups is 3. The van der Waals surface area contributed by atoms with Crippen molar-refractivity contribution in [2.45, 2.75) is 39.7 Å². The summed E-state index contributed by atoms with van der Waals surface area (Å²) in [5.41, 5.74) is -0.0876. The van der Waals surface area contributed by atoms with Gasteiger partial charge in [-0.05, 0) is 5.41 Å². The standard InChI is InChI=1S/C16H23N3O4S2/c1-16(2,3)6-13(20)19-9-24-8-11(19)14(21)17-5-4-12-18-10(7-25-12)15(22)23/h7,11H,4-6,8-9H2,1-3H3,(H,17,21)(H,22,23). The minimum Gasteiger partial charge on any atom is -0.476 e.